The first kappa shape index (κ1) is 19.0. The molecule has 156 valence electrons. The summed E-state index contributed by atoms with van der Waals surface area (Å²) < 4.78 is 0. The summed E-state index contributed by atoms with van der Waals surface area (Å²) in [5.41, 5.74) is 4.68. The summed E-state index contributed by atoms with van der Waals surface area (Å²) in [4.78, 5) is 17.0. The van der Waals surface area contributed by atoms with Crippen LogP contribution in [0.2, 0.25) is 0 Å². The average Bonchev–Trinajstić information content (AvgIpc) is 3.11. The van der Waals surface area contributed by atoms with Crippen molar-refractivity contribution in [3.63, 3.8) is 0 Å². The second-order valence-electron chi connectivity index (χ2n) is 8.97. The molecule has 3 N–H and O–H groups in total. The van der Waals surface area contributed by atoms with Crippen LogP contribution in [-0.2, 0) is 11.2 Å². The van der Waals surface area contributed by atoms with E-state index in [2.05, 4.69) is 47.7 Å². The molecule has 1 amide bonds. The normalized spacial score (nSPS) is 25.2. The highest BCUT2D eigenvalue weighted by atomic mass is 16.3. The van der Waals surface area contributed by atoms with Crippen LogP contribution in [-0.4, -0.2) is 50.7 Å². The lowest BCUT2D eigenvalue weighted by Crippen LogP contribution is -2.56. The molecule has 1 aliphatic carbocycles. The number of aliphatic hydroxyl groups excluding tert-OH is 1. The summed E-state index contributed by atoms with van der Waals surface area (Å²) in [5, 5.41) is 18.4. The first-order valence-corrected chi connectivity index (χ1v) is 10.6. The average molecular weight is 405 g/mol. The summed E-state index contributed by atoms with van der Waals surface area (Å²) in [6.45, 7) is 7.39. The topological polar surface area (TPSA) is 71.6 Å². The molecule has 2 atom stereocenters. The van der Waals surface area contributed by atoms with Gasteiger partial charge in [0.15, 0.2) is 0 Å². The Hall–Kier alpha value is -2.99. The van der Waals surface area contributed by atoms with E-state index in [0.717, 1.165) is 11.9 Å². The molecule has 3 heterocycles. The molecule has 0 fully saturated rings. The number of carbonyl (C=O) groups excluding carboxylic acids is 1. The number of H-pyrrole nitrogens is 1. The number of hydrazine groups is 1. The number of hydrogen-bond donors (Lipinski definition) is 3. The lowest BCUT2D eigenvalue weighted by molar-refractivity contribution is -0.151. The molecule has 0 saturated carbocycles. The predicted molar refractivity (Wildman–Crippen MR) is 118 cm³/mol. The number of aromatic amines is 1. The summed E-state index contributed by atoms with van der Waals surface area (Å²) in [7, 11) is 0. The van der Waals surface area contributed by atoms with Gasteiger partial charge in [0.2, 0.25) is 5.91 Å². The van der Waals surface area contributed by atoms with Crippen LogP contribution in [0.15, 0.2) is 54.6 Å². The number of aliphatic hydroxyl groups is 1. The highest BCUT2D eigenvalue weighted by molar-refractivity contribution is 6.00. The minimum Gasteiger partial charge on any atom is -0.506 e. The summed E-state index contributed by atoms with van der Waals surface area (Å²) in [6, 6.07) is 6.32. The van der Waals surface area contributed by atoms with Gasteiger partial charge in [-0.05, 0) is 56.0 Å². The molecular formula is C24H28N4O2. The second kappa shape index (κ2) is 6.77. The quantitative estimate of drug-likeness (QED) is 0.732. The van der Waals surface area contributed by atoms with Crippen LogP contribution in [0.3, 0.4) is 0 Å². The number of benzene rings is 1. The van der Waals surface area contributed by atoms with E-state index in [1.54, 1.807) is 22.3 Å². The van der Waals surface area contributed by atoms with Crippen molar-refractivity contribution in [3.05, 3.63) is 65.7 Å². The number of amides is 1. The second-order valence-corrected chi connectivity index (χ2v) is 8.97. The minimum absolute atomic E-state index is 0.0224. The van der Waals surface area contributed by atoms with Gasteiger partial charge in [0.25, 0.3) is 0 Å². The number of allylic oxidation sites excluding steroid dienone is 1. The van der Waals surface area contributed by atoms with E-state index in [1.165, 1.54) is 22.1 Å². The fraction of sp³-hybridized carbons (Fsp3) is 0.375. The van der Waals surface area contributed by atoms with Crippen molar-refractivity contribution in [2.45, 2.75) is 38.8 Å². The Kier molecular flexibility index (Phi) is 4.29. The van der Waals surface area contributed by atoms with Crippen LogP contribution in [0.5, 0.6) is 0 Å². The van der Waals surface area contributed by atoms with Gasteiger partial charge in [0.05, 0.1) is 18.7 Å². The molecule has 2 aromatic rings. The van der Waals surface area contributed by atoms with E-state index in [-0.39, 0.29) is 29.2 Å². The van der Waals surface area contributed by atoms with Gasteiger partial charge in [0, 0.05) is 35.2 Å². The number of aromatic nitrogens is 1. The molecule has 2 aliphatic heterocycles. The van der Waals surface area contributed by atoms with Crippen molar-refractivity contribution in [1.82, 2.24) is 20.3 Å². The van der Waals surface area contributed by atoms with Gasteiger partial charge < -0.3 is 15.4 Å². The molecule has 30 heavy (non-hydrogen) atoms. The molecule has 1 aromatic heterocycles. The van der Waals surface area contributed by atoms with Gasteiger partial charge in [-0.2, -0.15) is 0 Å². The van der Waals surface area contributed by atoms with Gasteiger partial charge >= 0.3 is 0 Å². The molecule has 6 heteroatoms. The standard InChI is InChI=1S/C24H28N4O2/c1-15(2)28(27-9-5-6-18(29)14-27)23(30)16-10-20-19-7-4-8-21-22(19)17(12-25-21)11-24(20,3)26-13-16/h4-8,10,12,14-16,25-26,29H,9,11,13H2,1-3H3/t16-,24-/m1/s1. The maximum Gasteiger partial charge on any atom is 0.249 e. The van der Waals surface area contributed by atoms with E-state index in [1.807, 2.05) is 19.9 Å². The van der Waals surface area contributed by atoms with Crippen molar-refractivity contribution in [2.24, 2.45) is 5.92 Å². The Morgan fingerprint density at radius 3 is 2.97 bits per heavy atom. The van der Waals surface area contributed by atoms with Crippen molar-refractivity contribution in [3.8, 4) is 0 Å². The Morgan fingerprint density at radius 1 is 1.37 bits per heavy atom. The van der Waals surface area contributed by atoms with E-state index < -0.39 is 0 Å². The fourth-order valence-electron chi connectivity index (χ4n) is 5.11. The molecular weight excluding hydrogens is 376 g/mol. The molecule has 1 aromatic carbocycles. The monoisotopic (exact) mass is 404 g/mol. The maximum atomic E-state index is 13.6. The van der Waals surface area contributed by atoms with Crippen molar-refractivity contribution in [1.29, 1.82) is 0 Å². The third-order valence-corrected chi connectivity index (χ3v) is 6.47. The van der Waals surface area contributed by atoms with Crippen LogP contribution in [0.1, 0.15) is 31.9 Å². The molecule has 3 aliphatic rings. The van der Waals surface area contributed by atoms with Gasteiger partial charge in [-0.25, -0.2) is 0 Å². The predicted octanol–water partition coefficient (Wildman–Crippen LogP) is 3.51. The van der Waals surface area contributed by atoms with Crippen molar-refractivity contribution < 1.29 is 9.90 Å². The van der Waals surface area contributed by atoms with Gasteiger partial charge in [-0.15, -0.1) is 0 Å². The van der Waals surface area contributed by atoms with Crippen LogP contribution in [0.4, 0.5) is 0 Å². The van der Waals surface area contributed by atoms with Crippen molar-refractivity contribution >= 4 is 22.4 Å². The molecule has 0 saturated heterocycles. The van der Waals surface area contributed by atoms with Crippen LogP contribution >= 0.6 is 0 Å². The Balaban J connectivity index is 1.53. The smallest absolute Gasteiger partial charge is 0.249 e. The summed E-state index contributed by atoms with van der Waals surface area (Å²) in [5.74, 6) is -0.0718. The minimum atomic E-state index is -0.271. The highest BCUT2D eigenvalue weighted by Gasteiger charge is 2.41. The first-order valence-electron chi connectivity index (χ1n) is 10.6. The number of nitrogens with one attached hydrogen (secondary N) is 2. The molecule has 0 bridgehead atoms. The van der Waals surface area contributed by atoms with Gasteiger partial charge in [-0.3, -0.25) is 14.8 Å². The number of rotatable bonds is 3. The zero-order chi connectivity index (χ0) is 21.0. The Bertz CT molecular complexity index is 1110. The summed E-state index contributed by atoms with van der Waals surface area (Å²) in [6.07, 6.45) is 10.3. The molecule has 5 rings (SSSR count). The summed E-state index contributed by atoms with van der Waals surface area (Å²) >= 11 is 0. The lowest BCUT2D eigenvalue weighted by atomic mass is 9.72. The Morgan fingerprint density at radius 2 is 2.20 bits per heavy atom. The zero-order valence-electron chi connectivity index (χ0n) is 17.6. The third-order valence-electron chi connectivity index (χ3n) is 6.47. The van der Waals surface area contributed by atoms with Gasteiger partial charge in [-0.1, -0.05) is 24.3 Å². The van der Waals surface area contributed by atoms with E-state index in [4.69, 9.17) is 0 Å². The van der Waals surface area contributed by atoms with Crippen LogP contribution in [0, 0.1) is 5.92 Å². The number of carbonyl (C=O) groups is 1. The molecule has 0 radical (unpaired) electrons. The lowest BCUT2D eigenvalue weighted by Gasteiger charge is -2.44. The Labute approximate surface area is 176 Å². The van der Waals surface area contributed by atoms with E-state index >= 15 is 0 Å². The zero-order valence-corrected chi connectivity index (χ0v) is 17.6. The number of nitrogens with zero attached hydrogens (tertiary/aromatic N) is 2. The largest absolute Gasteiger partial charge is 0.506 e. The molecule has 0 spiro atoms. The molecule has 0 unspecified atom stereocenters. The molecule has 6 nitrogen and oxygen atoms in total. The number of fused-ring (bicyclic) bond motifs is 2. The SMILES string of the molecule is CC(C)N(C(=O)[C@@H]1C=C2c3cccc4[nH]cc(c34)C[C@@]2(C)NC1)N1C=C(O)C=CC1. The fourth-order valence-corrected chi connectivity index (χ4v) is 5.11. The third kappa shape index (κ3) is 2.86. The van der Waals surface area contributed by atoms with Crippen molar-refractivity contribution in [2.75, 3.05) is 13.1 Å². The first-order chi connectivity index (χ1) is 14.4. The van der Waals surface area contributed by atoms with E-state index in [9.17, 15) is 9.90 Å². The van der Waals surface area contributed by atoms with Crippen LogP contribution in [0.25, 0.3) is 16.5 Å². The van der Waals surface area contributed by atoms with Crippen LogP contribution < -0.4 is 5.32 Å². The maximum absolute atomic E-state index is 13.6. The highest BCUT2D eigenvalue weighted by Crippen LogP contribution is 2.44. The number of hydrogen-bond acceptors (Lipinski definition) is 4. The van der Waals surface area contributed by atoms with Gasteiger partial charge in [0.1, 0.15) is 5.76 Å². The van der Waals surface area contributed by atoms with E-state index in [0.29, 0.717) is 13.1 Å².